The largest absolute Gasteiger partial charge is 0.490 e. The van der Waals surface area contributed by atoms with E-state index in [-0.39, 0.29) is 27.8 Å². The van der Waals surface area contributed by atoms with Gasteiger partial charge in [0.1, 0.15) is 17.1 Å². The Bertz CT molecular complexity index is 1300. The second-order valence-corrected chi connectivity index (χ2v) is 7.40. The van der Waals surface area contributed by atoms with Crippen molar-refractivity contribution < 1.29 is 23.7 Å². The molecule has 0 spiro atoms. The topological polar surface area (TPSA) is 115 Å². The minimum absolute atomic E-state index is 0.114. The summed E-state index contributed by atoms with van der Waals surface area (Å²) in [5, 5.41) is 12.8. The van der Waals surface area contributed by atoms with Crippen molar-refractivity contribution in [3.05, 3.63) is 80.0 Å². The van der Waals surface area contributed by atoms with E-state index in [1.807, 2.05) is 0 Å². The summed E-state index contributed by atoms with van der Waals surface area (Å²) in [6, 6.07) is 12.0. The van der Waals surface area contributed by atoms with Gasteiger partial charge in [-0.25, -0.2) is 5.01 Å². The number of hydrogen-bond donors (Lipinski definition) is 1. The Labute approximate surface area is 190 Å². The predicted molar refractivity (Wildman–Crippen MR) is 117 cm³/mol. The molecule has 1 aliphatic rings. The number of halogens is 2. The number of nitrogens with one attached hydrogen (secondary N) is 1. The Balaban J connectivity index is 1.62. The average molecular weight is 474 g/mol. The smallest absolute Gasteiger partial charge is 0.311 e. The monoisotopic (exact) mass is 473 g/mol. The molecule has 162 valence electrons. The molecule has 2 aromatic carbocycles. The highest BCUT2D eigenvalue weighted by Crippen LogP contribution is 2.34. The van der Waals surface area contributed by atoms with Crippen LogP contribution in [0.3, 0.4) is 0 Å². The quantitative estimate of drug-likeness (QED) is 0.250. The highest BCUT2D eigenvalue weighted by molar-refractivity contribution is 6.42. The van der Waals surface area contributed by atoms with Crippen LogP contribution in [0.2, 0.25) is 10.0 Å². The molecule has 0 radical (unpaired) electrons. The Morgan fingerprint density at radius 3 is 2.56 bits per heavy atom. The summed E-state index contributed by atoms with van der Waals surface area (Å²) in [7, 11) is 1.34. The maximum Gasteiger partial charge on any atom is 0.311 e. The number of benzene rings is 2. The first-order chi connectivity index (χ1) is 15.3. The van der Waals surface area contributed by atoms with Gasteiger partial charge in [0.25, 0.3) is 11.8 Å². The Kier molecular flexibility index (Phi) is 5.60. The van der Waals surface area contributed by atoms with Crippen molar-refractivity contribution in [2.45, 2.75) is 0 Å². The molecule has 11 heteroatoms. The van der Waals surface area contributed by atoms with Gasteiger partial charge in [0, 0.05) is 11.6 Å². The zero-order valence-corrected chi connectivity index (χ0v) is 17.8. The number of carbonyl (C=O) groups is 2. The van der Waals surface area contributed by atoms with Gasteiger partial charge < -0.3 is 9.15 Å². The molecule has 2 amide bonds. The summed E-state index contributed by atoms with van der Waals surface area (Å²) >= 11 is 11.9. The molecule has 0 aliphatic carbocycles. The number of ether oxygens (including phenoxy) is 1. The molecule has 1 N–H and O–H groups in total. The van der Waals surface area contributed by atoms with E-state index in [0.717, 1.165) is 5.01 Å². The maximum absolute atomic E-state index is 12.8. The van der Waals surface area contributed by atoms with E-state index >= 15 is 0 Å². The van der Waals surface area contributed by atoms with E-state index in [1.54, 1.807) is 18.2 Å². The number of hydrogen-bond acceptors (Lipinski definition) is 6. The Morgan fingerprint density at radius 1 is 1.09 bits per heavy atom. The summed E-state index contributed by atoms with van der Waals surface area (Å²) < 4.78 is 10.7. The molecule has 9 nitrogen and oxygen atoms in total. The van der Waals surface area contributed by atoms with Crippen LogP contribution in [0, 0.1) is 10.1 Å². The minimum atomic E-state index is -0.626. The van der Waals surface area contributed by atoms with E-state index in [0.29, 0.717) is 22.0 Å². The summed E-state index contributed by atoms with van der Waals surface area (Å²) in [4.78, 5) is 35.8. The van der Waals surface area contributed by atoms with Gasteiger partial charge in [-0.05, 0) is 48.5 Å². The van der Waals surface area contributed by atoms with Gasteiger partial charge in [-0.2, -0.15) is 0 Å². The van der Waals surface area contributed by atoms with E-state index in [2.05, 4.69) is 5.43 Å². The first kappa shape index (κ1) is 21.4. The third kappa shape index (κ3) is 3.91. The number of nitro groups is 1. The molecule has 0 unspecified atom stereocenters. The van der Waals surface area contributed by atoms with Crippen LogP contribution < -0.4 is 15.2 Å². The van der Waals surface area contributed by atoms with Gasteiger partial charge in [0.2, 0.25) is 0 Å². The highest BCUT2D eigenvalue weighted by atomic mass is 35.5. The van der Waals surface area contributed by atoms with Crippen molar-refractivity contribution in [3.63, 3.8) is 0 Å². The van der Waals surface area contributed by atoms with E-state index < -0.39 is 16.7 Å². The second-order valence-electron chi connectivity index (χ2n) is 6.58. The molecular formula is C21H13Cl2N3O6. The first-order valence-electron chi connectivity index (χ1n) is 9.03. The molecule has 1 aliphatic heterocycles. The molecule has 2 heterocycles. The minimum Gasteiger partial charge on any atom is -0.490 e. The van der Waals surface area contributed by atoms with Crippen LogP contribution in [0.1, 0.15) is 5.76 Å². The number of carbonyl (C=O) groups excluding carboxylic acids is 2. The van der Waals surface area contributed by atoms with Crippen molar-refractivity contribution in [1.29, 1.82) is 0 Å². The first-order valence-corrected chi connectivity index (χ1v) is 9.79. The summed E-state index contributed by atoms with van der Waals surface area (Å²) in [6.07, 6.45) is 1.29. The molecule has 32 heavy (non-hydrogen) atoms. The van der Waals surface area contributed by atoms with E-state index in [4.69, 9.17) is 32.4 Å². The van der Waals surface area contributed by atoms with Crippen molar-refractivity contribution in [2.24, 2.45) is 0 Å². The molecule has 0 bridgehead atoms. The van der Waals surface area contributed by atoms with Gasteiger partial charge in [-0.15, -0.1) is 0 Å². The zero-order chi connectivity index (χ0) is 23.0. The maximum atomic E-state index is 12.8. The highest BCUT2D eigenvalue weighted by Gasteiger charge is 2.35. The van der Waals surface area contributed by atoms with Gasteiger partial charge in [0.05, 0.1) is 27.8 Å². The predicted octanol–water partition coefficient (Wildman–Crippen LogP) is 4.63. The van der Waals surface area contributed by atoms with Gasteiger partial charge in [-0.1, -0.05) is 23.2 Å². The van der Waals surface area contributed by atoms with Crippen LogP contribution in [0.25, 0.3) is 17.4 Å². The third-order valence-electron chi connectivity index (χ3n) is 4.63. The zero-order valence-electron chi connectivity index (χ0n) is 16.3. The fraction of sp³-hybridized carbons (Fsp3) is 0.0476. The number of anilines is 1. The Morgan fingerprint density at radius 2 is 1.88 bits per heavy atom. The fourth-order valence-electron chi connectivity index (χ4n) is 3.08. The van der Waals surface area contributed by atoms with Crippen LogP contribution in [0.5, 0.6) is 5.75 Å². The average Bonchev–Trinajstić information content (AvgIpc) is 3.35. The molecule has 1 aromatic heterocycles. The lowest BCUT2D eigenvalue weighted by Gasteiger charge is -2.15. The summed E-state index contributed by atoms with van der Waals surface area (Å²) in [5.41, 5.74) is 2.85. The fourth-order valence-corrected chi connectivity index (χ4v) is 3.37. The summed E-state index contributed by atoms with van der Waals surface area (Å²) in [5.74, 6) is -0.587. The Hall–Kier alpha value is -3.82. The van der Waals surface area contributed by atoms with Crippen LogP contribution in [0.4, 0.5) is 11.4 Å². The second kappa shape index (κ2) is 8.37. The van der Waals surface area contributed by atoms with E-state index in [9.17, 15) is 19.7 Å². The third-order valence-corrected chi connectivity index (χ3v) is 5.37. The lowest BCUT2D eigenvalue weighted by molar-refractivity contribution is -0.385. The lowest BCUT2D eigenvalue weighted by atomic mass is 10.1. The molecule has 1 saturated heterocycles. The van der Waals surface area contributed by atoms with Crippen molar-refractivity contribution >= 4 is 52.5 Å². The van der Waals surface area contributed by atoms with Gasteiger partial charge in [-0.3, -0.25) is 25.1 Å². The normalized spacial score (nSPS) is 14.7. The number of amides is 2. The summed E-state index contributed by atoms with van der Waals surface area (Å²) in [6.45, 7) is 0. The van der Waals surface area contributed by atoms with E-state index in [1.165, 1.54) is 43.5 Å². The molecule has 0 saturated carbocycles. The SMILES string of the molecule is COc1ccc(-c2ccc(/C=C3\C(=O)NN(c4ccc(Cl)c(Cl)c4)C3=O)o2)cc1[N+](=O)[O-]. The molecular weight excluding hydrogens is 461 g/mol. The van der Waals surface area contributed by atoms with Crippen LogP contribution in [-0.2, 0) is 9.59 Å². The van der Waals surface area contributed by atoms with Crippen molar-refractivity contribution in [2.75, 3.05) is 12.1 Å². The van der Waals surface area contributed by atoms with Crippen LogP contribution in [-0.4, -0.2) is 23.8 Å². The molecule has 1 fully saturated rings. The number of methoxy groups -OCH3 is 1. The number of hydrazine groups is 1. The lowest BCUT2D eigenvalue weighted by Crippen LogP contribution is -2.35. The van der Waals surface area contributed by atoms with Gasteiger partial charge in [0.15, 0.2) is 5.75 Å². The molecule has 4 rings (SSSR count). The number of furan rings is 1. The van der Waals surface area contributed by atoms with Crippen LogP contribution in [0.15, 0.2) is 58.5 Å². The molecule has 3 aromatic rings. The van der Waals surface area contributed by atoms with Crippen LogP contribution >= 0.6 is 23.2 Å². The van der Waals surface area contributed by atoms with Crippen molar-refractivity contribution in [1.82, 2.24) is 5.43 Å². The number of nitro benzene ring substituents is 1. The standard InChI is InChI=1S/C21H13Cl2N3O6/c1-31-19-6-2-11(8-17(19)26(29)30)18-7-4-13(32-18)10-14-20(27)24-25(21(14)28)12-3-5-15(22)16(23)9-12/h2-10H,1H3,(H,24,27)/b14-10+. The number of nitrogens with zero attached hydrogens (tertiary/aromatic N) is 2. The number of rotatable bonds is 5. The van der Waals surface area contributed by atoms with Gasteiger partial charge >= 0.3 is 5.69 Å². The van der Waals surface area contributed by atoms with Crippen molar-refractivity contribution in [3.8, 4) is 17.1 Å². The molecule has 0 atom stereocenters.